The molecule has 0 spiro atoms. The van der Waals surface area contributed by atoms with E-state index in [2.05, 4.69) is 5.32 Å². The van der Waals surface area contributed by atoms with Gasteiger partial charge in [0.05, 0.1) is 4.92 Å². The third-order valence-electron chi connectivity index (χ3n) is 3.11. The molecule has 0 saturated carbocycles. The van der Waals surface area contributed by atoms with E-state index < -0.39 is 4.92 Å². The second-order valence-corrected chi connectivity index (χ2v) is 5.29. The lowest BCUT2D eigenvalue weighted by Gasteiger charge is -2.03. The van der Waals surface area contributed by atoms with Crippen molar-refractivity contribution in [3.8, 4) is 0 Å². The maximum atomic E-state index is 11.7. The first-order valence-corrected chi connectivity index (χ1v) is 7.37. The summed E-state index contributed by atoms with van der Waals surface area (Å²) >= 11 is 5.89. The molecule has 0 saturated heterocycles. The Kier molecular flexibility index (Phi) is 5.88. The maximum Gasteiger partial charge on any atom is 0.270 e. The van der Waals surface area contributed by atoms with Crippen LogP contribution >= 0.6 is 11.6 Å². The van der Waals surface area contributed by atoms with Crippen LogP contribution in [0.1, 0.15) is 11.1 Å². The van der Waals surface area contributed by atoms with Gasteiger partial charge in [0.1, 0.15) is 0 Å². The SMILES string of the molecule is O=C(C=Cc1cccc([N+](=O)[O-])c1)NCCc1cccc(Cl)c1. The third-order valence-corrected chi connectivity index (χ3v) is 3.35. The zero-order valence-corrected chi connectivity index (χ0v) is 13.0. The van der Waals surface area contributed by atoms with Crippen molar-refractivity contribution in [3.63, 3.8) is 0 Å². The molecule has 23 heavy (non-hydrogen) atoms. The molecule has 0 aromatic heterocycles. The van der Waals surface area contributed by atoms with Gasteiger partial charge in [-0.1, -0.05) is 35.9 Å². The Morgan fingerprint density at radius 3 is 2.74 bits per heavy atom. The van der Waals surface area contributed by atoms with Crippen molar-refractivity contribution in [3.05, 3.63) is 80.9 Å². The number of nitro groups is 1. The van der Waals surface area contributed by atoms with Gasteiger partial charge in [0.25, 0.3) is 5.69 Å². The summed E-state index contributed by atoms with van der Waals surface area (Å²) in [5, 5.41) is 14.1. The molecule has 0 aliphatic heterocycles. The zero-order chi connectivity index (χ0) is 16.7. The van der Waals surface area contributed by atoms with Crippen LogP contribution in [0.25, 0.3) is 6.08 Å². The van der Waals surface area contributed by atoms with Crippen molar-refractivity contribution in [2.24, 2.45) is 0 Å². The number of carbonyl (C=O) groups excluding carboxylic acids is 1. The number of hydrogen-bond acceptors (Lipinski definition) is 3. The number of rotatable bonds is 6. The smallest absolute Gasteiger partial charge is 0.270 e. The molecular weight excluding hydrogens is 316 g/mol. The van der Waals surface area contributed by atoms with Gasteiger partial charge >= 0.3 is 0 Å². The summed E-state index contributed by atoms with van der Waals surface area (Å²) in [7, 11) is 0. The predicted octanol–water partition coefficient (Wildman–Crippen LogP) is 3.62. The molecule has 1 N–H and O–H groups in total. The van der Waals surface area contributed by atoms with E-state index in [1.165, 1.54) is 18.2 Å². The Labute approximate surface area is 138 Å². The third kappa shape index (κ3) is 5.56. The van der Waals surface area contributed by atoms with Gasteiger partial charge in [-0.3, -0.25) is 14.9 Å². The Morgan fingerprint density at radius 1 is 1.22 bits per heavy atom. The first-order valence-electron chi connectivity index (χ1n) is 6.99. The van der Waals surface area contributed by atoms with Gasteiger partial charge in [-0.15, -0.1) is 0 Å². The van der Waals surface area contributed by atoms with Crippen molar-refractivity contribution in [1.82, 2.24) is 5.32 Å². The minimum atomic E-state index is -0.470. The second kappa shape index (κ2) is 8.10. The Morgan fingerprint density at radius 2 is 2.00 bits per heavy atom. The van der Waals surface area contributed by atoms with Crippen LogP contribution in [-0.2, 0) is 11.2 Å². The molecule has 5 nitrogen and oxygen atoms in total. The molecular formula is C17H15ClN2O3. The highest BCUT2D eigenvalue weighted by Crippen LogP contribution is 2.14. The minimum absolute atomic E-state index is 0.00601. The van der Waals surface area contributed by atoms with Crippen molar-refractivity contribution in [2.75, 3.05) is 6.54 Å². The number of halogens is 1. The molecule has 0 unspecified atom stereocenters. The van der Waals surface area contributed by atoms with E-state index in [1.807, 2.05) is 18.2 Å². The van der Waals surface area contributed by atoms with E-state index in [-0.39, 0.29) is 11.6 Å². The normalized spacial score (nSPS) is 10.7. The van der Waals surface area contributed by atoms with Gasteiger partial charge < -0.3 is 5.32 Å². The van der Waals surface area contributed by atoms with E-state index >= 15 is 0 Å². The van der Waals surface area contributed by atoms with Crippen LogP contribution in [-0.4, -0.2) is 17.4 Å². The molecule has 0 aliphatic carbocycles. The van der Waals surface area contributed by atoms with E-state index in [4.69, 9.17) is 11.6 Å². The monoisotopic (exact) mass is 330 g/mol. The van der Waals surface area contributed by atoms with E-state index in [1.54, 1.807) is 24.3 Å². The number of nitro benzene ring substituents is 1. The lowest BCUT2D eigenvalue weighted by molar-refractivity contribution is -0.384. The molecule has 0 atom stereocenters. The highest BCUT2D eigenvalue weighted by Gasteiger charge is 2.04. The van der Waals surface area contributed by atoms with Crippen molar-refractivity contribution in [2.45, 2.75) is 6.42 Å². The molecule has 118 valence electrons. The lowest BCUT2D eigenvalue weighted by Crippen LogP contribution is -2.23. The standard InChI is InChI=1S/C17H15ClN2O3/c18-15-5-1-3-14(11-15)9-10-19-17(21)8-7-13-4-2-6-16(12-13)20(22)23/h1-8,11-12H,9-10H2,(H,19,21). The molecule has 2 aromatic carbocycles. The number of benzene rings is 2. The topological polar surface area (TPSA) is 72.2 Å². The summed E-state index contributed by atoms with van der Waals surface area (Å²) < 4.78 is 0. The molecule has 0 fully saturated rings. The fourth-order valence-electron chi connectivity index (χ4n) is 2.00. The Bertz CT molecular complexity index is 744. The van der Waals surface area contributed by atoms with Crippen LogP contribution in [0.3, 0.4) is 0 Å². The molecule has 1 amide bonds. The summed E-state index contributed by atoms with van der Waals surface area (Å²) in [5.74, 6) is -0.251. The highest BCUT2D eigenvalue weighted by atomic mass is 35.5. The molecule has 2 aromatic rings. The fourth-order valence-corrected chi connectivity index (χ4v) is 2.21. The number of nitrogens with one attached hydrogen (secondary N) is 1. The Hall–Kier alpha value is -2.66. The molecule has 0 radical (unpaired) electrons. The number of nitrogens with zero attached hydrogens (tertiary/aromatic N) is 1. The van der Waals surface area contributed by atoms with Crippen molar-refractivity contribution < 1.29 is 9.72 Å². The van der Waals surface area contributed by atoms with Crippen LogP contribution in [0.15, 0.2) is 54.6 Å². The van der Waals surface area contributed by atoms with Gasteiger partial charge in [-0.2, -0.15) is 0 Å². The molecule has 0 aliphatic rings. The summed E-state index contributed by atoms with van der Waals surface area (Å²) in [4.78, 5) is 21.9. The van der Waals surface area contributed by atoms with Gasteiger partial charge in [-0.05, 0) is 35.8 Å². The average Bonchev–Trinajstić information content (AvgIpc) is 2.53. The number of amides is 1. The van der Waals surface area contributed by atoms with Gasteiger partial charge in [0, 0.05) is 29.8 Å². The molecule has 2 rings (SSSR count). The van der Waals surface area contributed by atoms with E-state index in [0.29, 0.717) is 23.6 Å². The van der Waals surface area contributed by atoms with Gasteiger partial charge in [0.2, 0.25) is 5.91 Å². The highest BCUT2D eigenvalue weighted by molar-refractivity contribution is 6.30. The van der Waals surface area contributed by atoms with Crippen LogP contribution < -0.4 is 5.32 Å². The molecule has 0 heterocycles. The maximum absolute atomic E-state index is 11.7. The van der Waals surface area contributed by atoms with Gasteiger partial charge in [0.15, 0.2) is 0 Å². The average molecular weight is 331 g/mol. The van der Waals surface area contributed by atoms with Crippen LogP contribution in [0.4, 0.5) is 5.69 Å². The lowest BCUT2D eigenvalue weighted by atomic mass is 10.1. The zero-order valence-electron chi connectivity index (χ0n) is 12.2. The van der Waals surface area contributed by atoms with E-state index in [0.717, 1.165) is 5.56 Å². The van der Waals surface area contributed by atoms with Gasteiger partial charge in [-0.25, -0.2) is 0 Å². The Balaban J connectivity index is 1.84. The largest absolute Gasteiger partial charge is 0.352 e. The van der Waals surface area contributed by atoms with Crippen LogP contribution in [0.2, 0.25) is 5.02 Å². The van der Waals surface area contributed by atoms with Crippen molar-refractivity contribution >= 4 is 29.3 Å². The van der Waals surface area contributed by atoms with Crippen LogP contribution in [0, 0.1) is 10.1 Å². The first kappa shape index (κ1) is 16.7. The summed E-state index contributed by atoms with van der Waals surface area (Å²) in [6.07, 6.45) is 3.58. The van der Waals surface area contributed by atoms with Crippen LogP contribution in [0.5, 0.6) is 0 Å². The number of carbonyl (C=O) groups is 1. The van der Waals surface area contributed by atoms with Crippen molar-refractivity contribution in [1.29, 1.82) is 0 Å². The summed E-state index contributed by atoms with van der Waals surface area (Å²) in [6, 6.07) is 13.5. The summed E-state index contributed by atoms with van der Waals surface area (Å²) in [6.45, 7) is 0.485. The molecule has 0 bridgehead atoms. The quantitative estimate of drug-likeness (QED) is 0.499. The first-order chi connectivity index (χ1) is 11.0. The second-order valence-electron chi connectivity index (χ2n) is 4.86. The minimum Gasteiger partial charge on any atom is -0.352 e. The summed E-state index contributed by atoms with van der Waals surface area (Å²) in [5.41, 5.74) is 1.64. The number of hydrogen-bond donors (Lipinski definition) is 1. The number of non-ortho nitro benzene ring substituents is 1. The van der Waals surface area contributed by atoms with E-state index in [9.17, 15) is 14.9 Å². The molecule has 6 heteroatoms. The fraction of sp³-hybridized carbons (Fsp3) is 0.118. The predicted molar refractivity (Wildman–Crippen MR) is 90.3 cm³/mol.